The van der Waals surface area contributed by atoms with Crippen LogP contribution in [0.3, 0.4) is 0 Å². The summed E-state index contributed by atoms with van der Waals surface area (Å²) in [5.74, 6) is 0. The summed E-state index contributed by atoms with van der Waals surface area (Å²) in [5, 5.41) is 0. The van der Waals surface area contributed by atoms with Gasteiger partial charge in [-0.05, 0) is 12.1 Å². The fraction of sp³-hybridized carbons (Fsp3) is 0. The molecule has 8 heavy (non-hydrogen) atoms. The van der Waals surface area contributed by atoms with Crippen molar-refractivity contribution in [2.75, 3.05) is 0 Å². The van der Waals surface area contributed by atoms with Gasteiger partial charge < -0.3 is 0 Å². The van der Waals surface area contributed by atoms with Crippen molar-refractivity contribution in [2.45, 2.75) is 4.90 Å². The van der Waals surface area contributed by atoms with Crippen molar-refractivity contribution in [2.24, 2.45) is 0 Å². The van der Waals surface area contributed by atoms with Gasteiger partial charge in [0.1, 0.15) is 0 Å². The Morgan fingerprint density at radius 1 is 1.00 bits per heavy atom. The van der Waals surface area contributed by atoms with E-state index in [-0.39, 0.29) is 21.1 Å². The maximum absolute atomic E-state index is 4.08. The Balaban J connectivity index is 0.000000490. The van der Waals surface area contributed by atoms with Crippen LogP contribution in [-0.2, 0) is 21.1 Å². The van der Waals surface area contributed by atoms with E-state index in [0.717, 1.165) is 4.90 Å². The average Bonchev–Trinajstić information content (AvgIpc) is 1.69. The summed E-state index contributed by atoms with van der Waals surface area (Å²) < 4.78 is 0. The van der Waals surface area contributed by atoms with Gasteiger partial charge in [-0.1, -0.05) is 18.2 Å². The largest absolute Gasteiger partial charge is 0.143 e. The third-order valence-electron chi connectivity index (χ3n) is 0.756. The molecule has 0 fully saturated rings. The summed E-state index contributed by atoms with van der Waals surface area (Å²) in [6.07, 6.45) is 0. The standard InChI is InChI=1S/C6H6S.W/c7-6-4-2-1-3-5-6;/h1-5,7H;. The maximum atomic E-state index is 4.08. The van der Waals surface area contributed by atoms with E-state index in [4.69, 9.17) is 0 Å². The van der Waals surface area contributed by atoms with Crippen LogP contribution in [-0.4, -0.2) is 0 Å². The van der Waals surface area contributed by atoms with Crippen LogP contribution in [0.4, 0.5) is 0 Å². The van der Waals surface area contributed by atoms with Crippen LogP contribution in [0.1, 0.15) is 0 Å². The predicted octanol–water partition coefficient (Wildman–Crippen LogP) is 1.97. The van der Waals surface area contributed by atoms with E-state index >= 15 is 0 Å². The van der Waals surface area contributed by atoms with E-state index in [2.05, 4.69) is 12.6 Å². The summed E-state index contributed by atoms with van der Waals surface area (Å²) in [4.78, 5) is 1.02. The van der Waals surface area contributed by atoms with Crippen molar-refractivity contribution in [3.8, 4) is 0 Å². The van der Waals surface area contributed by atoms with Gasteiger partial charge in [0.05, 0.1) is 0 Å². The van der Waals surface area contributed by atoms with Gasteiger partial charge in [0.15, 0.2) is 0 Å². The van der Waals surface area contributed by atoms with Crippen LogP contribution in [0.2, 0.25) is 0 Å². The Bertz CT molecular complexity index is 138. The van der Waals surface area contributed by atoms with E-state index in [1.807, 2.05) is 30.3 Å². The molecule has 2 heteroatoms. The van der Waals surface area contributed by atoms with E-state index in [0.29, 0.717) is 0 Å². The second-order valence-corrected chi connectivity index (χ2v) is 1.85. The van der Waals surface area contributed by atoms with Gasteiger partial charge in [-0.15, -0.1) is 12.6 Å². The first kappa shape index (κ1) is 8.26. The number of hydrogen-bond donors (Lipinski definition) is 1. The van der Waals surface area contributed by atoms with Gasteiger partial charge in [0.2, 0.25) is 0 Å². The average molecular weight is 294 g/mol. The third kappa shape index (κ3) is 2.54. The zero-order chi connectivity index (χ0) is 5.11. The molecule has 1 aromatic rings. The molecule has 0 N–H and O–H groups in total. The van der Waals surface area contributed by atoms with Crippen molar-refractivity contribution >= 4 is 12.6 Å². The molecule has 0 heterocycles. The summed E-state index contributed by atoms with van der Waals surface area (Å²) >= 11 is 4.08. The first-order chi connectivity index (χ1) is 3.39. The van der Waals surface area contributed by atoms with Crippen LogP contribution in [0, 0.1) is 0 Å². The van der Waals surface area contributed by atoms with Gasteiger partial charge in [0, 0.05) is 26.0 Å². The molecule has 0 aliphatic rings. The topological polar surface area (TPSA) is 0 Å². The molecule has 0 aliphatic carbocycles. The number of rotatable bonds is 0. The van der Waals surface area contributed by atoms with Crippen LogP contribution < -0.4 is 0 Å². The quantitative estimate of drug-likeness (QED) is 0.695. The van der Waals surface area contributed by atoms with Crippen molar-refractivity contribution < 1.29 is 21.1 Å². The molecule has 0 saturated heterocycles. The molecule has 0 amide bonds. The molecular formula is C6H6SW. The molecule has 0 aliphatic heterocycles. The minimum Gasteiger partial charge on any atom is -0.143 e. The minimum atomic E-state index is 0. The second kappa shape index (κ2) is 4.17. The molecule has 0 radical (unpaired) electrons. The van der Waals surface area contributed by atoms with Crippen LogP contribution in [0.25, 0.3) is 0 Å². The summed E-state index contributed by atoms with van der Waals surface area (Å²) in [7, 11) is 0. The van der Waals surface area contributed by atoms with Crippen LogP contribution >= 0.6 is 12.6 Å². The molecular weight excluding hydrogens is 288 g/mol. The van der Waals surface area contributed by atoms with Gasteiger partial charge >= 0.3 is 0 Å². The Morgan fingerprint density at radius 3 is 1.75 bits per heavy atom. The number of hydrogen-bond acceptors (Lipinski definition) is 1. The Kier molecular flexibility index (Phi) is 4.30. The summed E-state index contributed by atoms with van der Waals surface area (Å²) in [6, 6.07) is 9.79. The predicted molar refractivity (Wildman–Crippen MR) is 33.7 cm³/mol. The van der Waals surface area contributed by atoms with Crippen molar-refractivity contribution in [3.63, 3.8) is 0 Å². The Labute approximate surface area is 69.0 Å². The van der Waals surface area contributed by atoms with E-state index in [9.17, 15) is 0 Å². The van der Waals surface area contributed by atoms with Gasteiger partial charge in [-0.2, -0.15) is 0 Å². The number of thiol groups is 1. The van der Waals surface area contributed by atoms with Crippen LogP contribution in [0.5, 0.6) is 0 Å². The fourth-order valence-corrected chi connectivity index (χ4v) is 0.600. The zero-order valence-corrected chi connectivity index (χ0v) is 8.07. The zero-order valence-electron chi connectivity index (χ0n) is 4.24. The van der Waals surface area contributed by atoms with Crippen molar-refractivity contribution in [1.82, 2.24) is 0 Å². The fourth-order valence-electron chi connectivity index (χ4n) is 0.428. The molecule has 0 spiro atoms. The smallest absolute Gasteiger partial charge is 0.00399 e. The minimum absolute atomic E-state index is 0. The van der Waals surface area contributed by atoms with E-state index in [1.54, 1.807) is 0 Å². The molecule has 0 atom stereocenters. The first-order valence-corrected chi connectivity index (χ1v) is 2.58. The van der Waals surface area contributed by atoms with Crippen molar-refractivity contribution in [1.29, 1.82) is 0 Å². The molecule has 1 aromatic carbocycles. The summed E-state index contributed by atoms with van der Waals surface area (Å²) in [5.41, 5.74) is 0. The normalized spacial score (nSPS) is 7.62. The molecule has 0 bridgehead atoms. The Morgan fingerprint density at radius 2 is 1.50 bits per heavy atom. The summed E-state index contributed by atoms with van der Waals surface area (Å²) in [6.45, 7) is 0. The monoisotopic (exact) mass is 294 g/mol. The van der Waals surface area contributed by atoms with E-state index < -0.39 is 0 Å². The Hall–Kier alpha value is 0.258. The molecule has 0 saturated carbocycles. The third-order valence-corrected chi connectivity index (χ3v) is 1.05. The molecule has 42 valence electrons. The number of benzene rings is 1. The SMILES string of the molecule is Sc1ccccc1.[W]. The maximum Gasteiger partial charge on any atom is 0.00399 e. The van der Waals surface area contributed by atoms with E-state index in [1.165, 1.54) is 0 Å². The van der Waals surface area contributed by atoms with Gasteiger partial charge in [-0.25, -0.2) is 0 Å². The molecule has 0 aromatic heterocycles. The molecule has 0 nitrogen and oxygen atoms in total. The van der Waals surface area contributed by atoms with Gasteiger partial charge in [0.25, 0.3) is 0 Å². The van der Waals surface area contributed by atoms with Crippen molar-refractivity contribution in [3.05, 3.63) is 30.3 Å². The van der Waals surface area contributed by atoms with Crippen LogP contribution in [0.15, 0.2) is 35.2 Å². The van der Waals surface area contributed by atoms with Gasteiger partial charge in [-0.3, -0.25) is 0 Å². The first-order valence-electron chi connectivity index (χ1n) is 2.13. The molecule has 1 rings (SSSR count). The molecule has 0 unspecified atom stereocenters. The second-order valence-electron chi connectivity index (χ2n) is 1.34.